The highest BCUT2D eigenvalue weighted by molar-refractivity contribution is 6.33. The summed E-state index contributed by atoms with van der Waals surface area (Å²) in [6.45, 7) is 5.24. The normalized spacial score (nSPS) is 12.6. The Morgan fingerprint density at radius 1 is 1.16 bits per heavy atom. The van der Waals surface area contributed by atoms with Crippen molar-refractivity contribution in [3.8, 4) is 5.75 Å². The van der Waals surface area contributed by atoms with E-state index in [0.717, 1.165) is 29.3 Å². The number of hydrogen-bond donors (Lipinski definition) is 1. The van der Waals surface area contributed by atoms with Crippen LogP contribution in [0.3, 0.4) is 0 Å². The van der Waals surface area contributed by atoms with Crippen LogP contribution in [-0.4, -0.2) is 12.0 Å². The monoisotopic (exact) mass is 371 g/mol. The summed E-state index contributed by atoms with van der Waals surface area (Å²) < 4.78 is 44.0. The molecule has 1 amide bonds. The van der Waals surface area contributed by atoms with Gasteiger partial charge in [-0.15, -0.1) is 0 Å². The van der Waals surface area contributed by atoms with E-state index in [9.17, 15) is 18.0 Å². The number of nitrogens with one attached hydrogen (secondary N) is 1. The van der Waals surface area contributed by atoms with E-state index < -0.39 is 23.8 Å². The maximum atomic E-state index is 12.8. The van der Waals surface area contributed by atoms with Crippen molar-refractivity contribution in [1.82, 2.24) is 0 Å². The summed E-state index contributed by atoms with van der Waals surface area (Å²) >= 11 is 5.88. The van der Waals surface area contributed by atoms with Crippen LogP contribution < -0.4 is 10.1 Å². The second kappa shape index (κ2) is 7.35. The molecule has 3 nitrogen and oxygen atoms in total. The number of rotatable bonds is 4. The molecule has 2 aromatic rings. The van der Waals surface area contributed by atoms with Crippen molar-refractivity contribution in [3.63, 3.8) is 0 Å². The third-order valence-corrected chi connectivity index (χ3v) is 3.90. The first-order valence-corrected chi connectivity index (χ1v) is 7.87. The van der Waals surface area contributed by atoms with Gasteiger partial charge in [-0.05, 0) is 56.2 Å². The molecule has 1 atom stereocenters. The number of alkyl halides is 3. The Balaban J connectivity index is 2.15. The van der Waals surface area contributed by atoms with E-state index in [0.29, 0.717) is 5.75 Å². The van der Waals surface area contributed by atoms with Gasteiger partial charge >= 0.3 is 6.18 Å². The zero-order valence-electron chi connectivity index (χ0n) is 13.9. The van der Waals surface area contributed by atoms with Crippen LogP contribution in [0.4, 0.5) is 18.9 Å². The fourth-order valence-corrected chi connectivity index (χ4v) is 2.27. The van der Waals surface area contributed by atoms with Crippen molar-refractivity contribution in [2.45, 2.75) is 33.1 Å². The molecule has 25 heavy (non-hydrogen) atoms. The lowest BCUT2D eigenvalue weighted by Gasteiger charge is -2.18. The summed E-state index contributed by atoms with van der Waals surface area (Å²) in [5.41, 5.74) is 0.810. The number of carbonyl (C=O) groups is 1. The Morgan fingerprint density at radius 2 is 1.84 bits per heavy atom. The highest BCUT2D eigenvalue weighted by Crippen LogP contribution is 2.34. The van der Waals surface area contributed by atoms with Crippen LogP contribution in [0.1, 0.15) is 23.6 Å². The summed E-state index contributed by atoms with van der Waals surface area (Å²) in [4.78, 5) is 12.3. The predicted octanol–water partition coefficient (Wildman–Crippen LogP) is 5.38. The van der Waals surface area contributed by atoms with E-state index in [1.807, 2.05) is 26.0 Å². The molecule has 0 aromatic heterocycles. The first-order chi connectivity index (χ1) is 11.6. The van der Waals surface area contributed by atoms with Crippen LogP contribution in [0.25, 0.3) is 0 Å². The first kappa shape index (κ1) is 19.1. The van der Waals surface area contributed by atoms with E-state index in [-0.39, 0.29) is 10.7 Å². The van der Waals surface area contributed by atoms with Crippen LogP contribution >= 0.6 is 11.6 Å². The topological polar surface area (TPSA) is 38.3 Å². The lowest BCUT2D eigenvalue weighted by Crippen LogP contribution is -2.30. The minimum absolute atomic E-state index is 0.0142. The Morgan fingerprint density at radius 3 is 2.48 bits per heavy atom. The summed E-state index contributed by atoms with van der Waals surface area (Å²) in [7, 11) is 0. The third-order valence-electron chi connectivity index (χ3n) is 3.57. The van der Waals surface area contributed by atoms with Gasteiger partial charge in [0.25, 0.3) is 5.91 Å². The number of carbonyl (C=O) groups excluding carboxylic acids is 1. The van der Waals surface area contributed by atoms with Crippen molar-refractivity contribution in [2.24, 2.45) is 0 Å². The molecule has 0 bridgehead atoms. The molecule has 0 aliphatic carbocycles. The molecule has 7 heteroatoms. The van der Waals surface area contributed by atoms with Crippen molar-refractivity contribution in [1.29, 1.82) is 0 Å². The SMILES string of the molecule is Cc1ccc(C)c(OC(C)C(=O)Nc2cc(C(F)(F)F)ccc2Cl)c1. The van der Waals surface area contributed by atoms with Crippen LogP contribution in [-0.2, 0) is 11.0 Å². The second-order valence-electron chi connectivity index (χ2n) is 5.71. The van der Waals surface area contributed by atoms with Gasteiger partial charge in [0.05, 0.1) is 16.3 Å². The molecule has 0 radical (unpaired) electrons. The van der Waals surface area contributed by atoms with Crippen LogP contribution in [0.2, 0.25) is 5.02 Å². The third kappa shape index (κ3) is 4.89. The molecule has 0 saturated heterocycles. The van der Waals surface area contributed by atoms with Crippen molar-refractivity contribution in [3.05, 3.63) is 58.1 Å². The average Bonchev–Trinajstić information content (AvgIpc) is 2.51. The molecule has 0 aliphatic rings. The molecular formula is C18H17ClF3NO2. The zero-order chi connectivity index (χ0) is 18.8. The molecule has 0 fully saturated rings. The number of hydrogen-bond acceptors (Lipinski definition) is 2. The number of benzene rings is 2. The van der Waals surface area contributed by atoms with Crippen LogP contribution in [0.15, 0.2) is 36.4 Å². The maximum absolute atomic E-state index is 12.8. The van der Waals surface area contributed by atoms with Gasteiger partial charge in [0.1, 0.15) is 5.75 Å². The predicted molar refractivity (Wildman–Crippen MR) is 91.1 cm³/mol. The van der Waals surface area contributed by atoms with E-state index >= 15 is 0 Å². The molecule has 0 spiro atoms. The first-order valence-electron chi connectivity index (χ1n) is 7.49. The number of aryl methyl sites for hydroxylation is 2. The standard InChI is InChI=1S/C18H17ClF3NO2/c1-10-4-5-11(2)16(8-10)25-12(3)17(24)23-15-9-13(18(20,21)22)6-7-14(15)19/h4-9,12H,1-3H3,(H,23,24). The highest BCUT2D eigenvalue weighted by Gasteiger charge is 2.31. The fraction of sp³-hybridized carbons (Fsp3) is 0.278. The number of anilines is 1. The van der Waals surface area contributed by atoms with Gasteiger partial charge in [-0.1, -0.05) is 23.7 Å². The van der Waals surface area contributed by atoms with Gasteiger partial charge in [-0.2, -0.15) is 13.2 Å². The van der Waals surface area contributed by atoms with E-state index in [1.165, 1.54) is 6.92 Å². The molecule has 2 aromatic carbocycles. The van der Waals surface area contributed by atoms with Gasteiger partial charge < -0.3 is 10.1 Å². The second-order valence-corrected chi connectivity index (χ2v) is 6.12. The van der Waals surface area contributed by atoms with Gasteiger partial charge in [0, 0.05) is 0 Å². The van der Waals surface area contributed by atoms with Crippen molar-refractivity contribution >= 4 is 23.2 Å². The zero-order valence-corrected chi connectivity index (χ0v) is 14.6. The van der Waals surface area contributed by atoms with E-state index in [4.69, 9.17) is 16.3 Å². The average molecular weight is 372 g/mol. The number of ether oxygens (including phenoxy) is 1. The lowest BCUT2D eigenvalue weighted by molar-refractivity contribution is -0.137. The summed E-state index contributed by atoms with van der Waals surface area (Å²) in [5, 5.41) is 2.40. The molecule has 2 rings (SSSR count). The molecule has 134 valence electrons. The van der Waals surface area contributed by atoms with Crippen LogP contribution in [0.5, 0.6) is 5.75 Å². The number of amides is 1. The van der Waals surface area contributed by atoms with Crippen molar-refractivity contribution in [2.75, 3.05) is 5.32 Å². The minimum Gasteiger partial charge on any atom is -0.481 e. The molecule has 1 unspecified atom stereocenters. The lowest BCUT2D eigenvalue weighted by atomic mass is 10.1. The smallest absolute Gasteiger partial charge is 0.416 e. The van der Waals surface area contributed by atoms with Gasteiger partial charge in [-0.25, -0.2) is 0 Å². The molecule has 0 heterocycles. The van der Waals surface area contributed by atoms with Gasteiger partial charge in [0.2, 0.25) is 0 Å². The van der Waals surface area contributed by atoms with Gasteiger partial charge in [-0.3, -0.25) is 4.79 Å². The number of halogens is 4. The maximum Gasteiger partial charge on any atom is 0.416 e. The molecule has 0 saturated carbocycles. The Labute approximate surface area is 148 Å². The van der Waals surface area contributed by atoms with Crippen molar-refractivity contribution < 1.29 is 22.7 Å². The Kier molecular flexibility index (Phi) is 5.62. The minimum atomic E-state index is -4.52. The largest absolute Gasteiger partial charge is 0.481 e. The summed E-state index contributed by atoms with van der Waals surface area (Å²) in [6.07, 6.45) is -5.43. The highest BCUT2D eigenvalue weighted by atomic mass is 35.5. The fourth-order valence-electron chi connectivity index (χ4n) is 2.11. The van der Waals surface area contributed by atoms with E-state index in [2.05, 4.69) is 5.32 Å². The Bertz CT molecular complexity index is 790. The van der Waals surface area contributed by atoms with Gasteiger partial charge in [0.15, 0.2) is 6.10 Å². The summed E-state index contributed by atoms with van der Waals surface area (Å²) in [6, 6.07) is 8.31. The van der Waals surface area contributed by atoms with E-state index in [1.54, 1.807) is 6.07 Å². The van der Waals surface area contributed by atoms with Crippen LogP contribution in [0, 0.1) is 13.8 Å². The Hall–Kier alpha value is -2.21. The molecule has 0 aliphatic heterocycles. The quantitative estimate of drug-likeness (QED) is 0.783. The summed E-state index contributed by atoms with van der Waals surface area (Å²) in [5.74, 6) is -0.0556. The molecule has 1 N–H and O–H groups in total. The molecular weight excluding hydrogens is 355 g/mol.